The normalized spacial score (nSPS) is 4.00. The van der Waals surface area contributed by atoms with Crippen LogP contribution in [0.2, 0.25) is 0 Å². The Kier molecular flexibility index (Phi) is 24.3. The van der Waals surface area contributed by atoms with Crippen LogP contribution < -0.4 is 24.6 Å². The maximum atomic E-state index is 8.78. The van der Waals surface area contributed by atoms with Gasteiger partial charge in [-0.15, -0.1) is 0 Å². The molecule has 0 heterocycles. The van der Waals surface area contributed by atoms with Crippen LogP contribution in [0.5, 0.6) is 0 Å². The fraction of sp³-hybridized carbons (Fsp3) is 0. The summed E-state index contributed by atoms with van der Waals surface area (Å²) in [4.78, 5) is 8.78. The summed E-state index contributed by atoms with van der Waals surface area (Å²) in [6, 6.07) is 0. The molecule has 3 N–H and O–H groups in total. The summed E-state index contributed by atoms with van der Waals surface area (Å²) in [5.41, 5.74) is 4.03. The van der Waals surface area contributed by atoms with Crippen LogP contribution in [0, 0.1) is 0 Å². The van der Waals surface area contributed by atoms with Gasteiger partial charge in [0.25, 0.3) is 0 Å². The minimum absolute atomic E-state index is 0. The Morgan fingerprint density at radius 3 is 2.00 bits per heavy atom. The van der Waals surface area contributed by atoms with Gasteiger partial charge in [-0.3, -0.25) is 0 Å². The third kappa shape index (κ3) is 318. The van der Waals surface area contributed by atoms with Crippen molar-refractivity contribution in [2.24, 2.45) is 5.73 Å². The van der Waals surface area contributed by atoms with Crippen LogP contribution in [-0.2, 0) is 0 Å². The molecule has 0 aliphatic carbocycles. The van der Waals surface area contributed by atoms with Gasteiger partial charge in [0.15, 0.2) is 17.4 Å². The van der Waals surface area contributed by atoms with E-state index in [9.17, 15) is 0 Å². The standard InChI is InChI=1S/CH3NO2.Al.Li.H2.4H/c2-1(3)4;;;;;;;/h2H2,(H,3,4);;;1H;;;;/q;;+1;;;;;-1. The second-order valence-corrected chi connectivity index (χ2v) is 0.338. The third-order valence-corrected chi connectivity index (χ3v) is 0. The van der Waals surface area contributed by atoms with Crippen molar-refractivity contribution in [2.45, 2.75) is 0 Å². The molecule has 5 heteroatoms. The van der Waals surface area contributed by atoms with Gasteiger partial charge in [0.05, 0.1) is 0 Å². The maximum absolute atomic E-state index is 8.78. The van der Waals surface area contributed by atoms with Gasteiger partial charge in [0, 0.05) is 1.43 Å². The predicted molar refractivity (Wildman–Crippen MR) is 25.4 cm³/mol. The molecule has 0 unspecified atom stereocenters. The quantitative estimate of drug-likeness (QED) is 0.304. The first-order valence-corrected chi connectivity index (χ1v) is 0.716. The van der Waals surface area contributed by atoms with Crippen LogP contribution in [-0.4, -0.2) is 28.6 Å². The topological polar surface area (TPSA) is 63.3 Å². The Hall–Kier alpha value is 0.400. The first-order chi connectivity index (χ1) is 1.73. The fourth-order valence-corrected chi connectivity index (χ4v) is 0. The fourth-order valence-electron chi connectivity index (χ4n) is 0. The molecule has 0 atom stereocenters. The van der Waals surface area contributed by atoms with E-state index in [0.29, 0.717) is 0 Å². The number of carboxylic acid groups (broad SMARTS) is 1. The van der Waals surface area contributed by atoms with Gasteiger partial charge in [0.2, 0.25) is 0 Å². The Labute approximate surface area is 61.2 Å². The van der Waals surface area contributed by atoms with Gasteiger partial charge < -0.3 is 12.3 Å². The van der Waals surface area contributed by atoms with E-state index >= 15 is 0 Å². The van der Waals surface area contributed by atoms with Crippen molar-refractivity contribution in [1.82, 2.24) is 0 Å². The summed E-state index contributed by atoms with van der Waals surface area (Å²) >= 11 is 0. The van der Waals surface area contributed by atoms with Crippen molar-refractivity contribution in [2.75, 3.05) is 0 Å². The Morgan fingerprint density at radius 1 is 2.00 bits per heavy atom. The van der Waals surface area contributed by atoms with Crippen LogP contribution in [0.15, 0.2) is 0 Å². The SMILES string of the molecule is NC(=O)O.[AlH3].[H-].[HH].[Li+]. The summed E-state index contributed by atoms with van der Waals surface area (Å²) in [5.74, 6) is 0. The van der Waals surface area contributed by atoms with Crippen LogP contribution in [0.3, 0.4) is 0 Å². The zero-order valence-electron chi connectivity index (χ0n) is 3.93. The molecule has 0 spiro atoms. The summed E-state index contributed by atoms with van der Waals surface area (Å²) in [6.07, 6.45) is -1.33. The molecule has 0 saturated carbocycles. The minimum Gasteiger partial charge on any atom is -1.00 e. The van der Waals surface area contributed by atoms with E-state index in [1.165, 1.54) is 0 Å². The molecule has 0 aromatic heterocycles. The van der Waals surface area contributed by atoms with Gasteiger partial charge in [-0.25, -0.2) is 4.79 Å². The maximum Gasteiger partial charge on any atom is 1.00 e. The van der Waals surface area contributed by atoms with E-state index in [1.807, 2.05) is 0 Å². The van der Waals surface area contributed by atoms with Crippen molar-refractivity contribution in [3.8, 4) is 0 Å². The van der Waals surface area contributed by atoms with Gasteiger partial charge in [-0.1, -0.05) is 0 Å². The van der Waals surface area contributed by atoms with E-state index in [0.717, 1.165) is 0 Å². The molecule has 0 radical (unpaired) electrons. The van der Waals surface area contributed by atoms with E-state index in [2.05, 4.69) is 5.73 Å². The molecule has 0 aliphatic heterocycles. The zero-order chi connectivity index (χ0) is 3.58. The average molecular weight is 101 g/mol. The molecular weight excluding hydrogens is 91.9 g/mol. The van der Waals surface area contributed by atoms with E-state index in [4.69, 9.17) is 9.90 Å². The zero-order valence-corrected chi connectivity index (χ0v) is 2.93. The van der Waals surface area contributed by atoms with Crippen molar-refractivity contribution in [1.29, 1.82) is 0 Å². The van der Waals surface area contributed by atoms with E-state index in [1.54, 1.807) is 0 Å². The van der Waals surface area contributed by atoms with Crippen molar-refractivity contribution < 1.29 is 31.6 Å². The number of hydrogen-bond acceptors (Lipinski definition) is 1. The number of hydrogen-bond donors (Lipinski definition) is 2. The second-order valence-electron chi connectivity index (χ2n) is 0.338. The molecule has 0 aromatic carbocycles. The number of nitrogens with two attached hydrogens (primary N) is 1. The van der Waals surface area contributed by atoms with Crippen molar-refractivity contribution >= 4 is 23.5 Å². The monoisotopic (exact) mass is 101 g/mol. The van der Waals surface area contributed by atoms with Crippen molar-refractivity contribution in [3.05, 3.63) is 0 Å². The molecule has 0 rings (SSSR count). The van der Waals surface area contributed by atoms with E-state index in [-0.39, 0.29) is 39.1 Å². The minimum atomic E-state index is -1.33. The van der Waals surface area contributed by atoms with Crippen LogP contribution in [0.4, 0.5) is 4.79 Å². The average Bonchev–Trinajstić information content (AvgIpc) is 0.811. The third-order valence-electron chi connectivity index (χ3n) is 0. The van der Waals surface area contributed by atoms with Crippen LogP contribution in [0.1, 0.15) is 2.85 Å². The Morgan fingerprint density at radius 2 is 2.00 bits per heavy atom. The molecule has 0 aromatic rings. The first-order valence-electron chi connectivity index (χ1n) is 0.716. The number of amides is 1. The second kappa shape index (κ2) is 9.04. The number of primary amides is 1. The van der Waals surface area contributed by atoms with Gasteiger partial charge >= 0.3 is 25.0 Å². The van der Waals surface area contributed by atoms with Crippen LogP contribution in [0.25, 0.3) is 0 Å². The van der Waals surface area contributed by atoms with Gasteiger partial charge in [-0.2, -0.15) is 0 Å². The molecule has 1 amide bonds. The molecule has 34 valence electrons. The summed E-state index contributed by atoms with van der Waals surface area (Å²) in [6.45, 7) is 0. The van der Waals surface area contributed by atoms with Crippen molar-refractivity contribution in [3.63, 3.8) is 0 Å². The molecular formula is CH9AlLiNO2. The molecule has 6 heavy (non-hydrogen) atoms. The Balaban J connectivity index is -0.00000000750. The van der Waals surface area contributed by atoms with Gasteiger partial charge in [-0.05, 0) is 0 Å². The molecule has 0 bridgehead atoms. The molecule has 0 fully saturated rings. The Bertz CT molecular complexity index is 43.0. The smallest absolute Gasteiger partial charge is 1.00 e. The summed E-state index contributed by atoms with van der Waals surface area (Å²) in [5, 5.41) is 7.19. The summed E-state index contributed by atoms with van der Waals surface area (Å²) in [7, 11) is 0. The molecule has 0 aliphatic rings. The van der Waals surface area contributed by atoms with Crippen LogP contribution >= 0.6 is 0 Å². The molecule has 0 saturated heterocycles. The first kappa shape index (κ1) is 16.1. The number of carbonyl (C=O) groups is 1. The number of rotatable bonds is 0. The summed E-state index contributed by atoms with van der Waals surface area (Å²) < 4.78 is 0. The largest absolute Gasteiger partial charge is 1.00 e. The van der Waals surface area contributed by atoms with Gasteiger partial charge in [0.1, 0.15) is 0 Å². The predicted octanol–water partition coefficient (Wildman–Crippen LogP) is -4.20. The molecule has 3 nitrogen and oxygen atoms in total. The van der Waals surface area contributed by atoms with E-state index < -0.39 is 6.09 Å².